The smallest absolute Gasteiger partial charge is 0.209 e. The Labute approximate surface area is 101 Å². The molecule has 0 aromatic heterocycles. The molecule has 3 heteroatoms. The predicted molar refractivity (Wildman–Crippen MR) is 69.6 cm³/mol. The van der Waals surface area contributed by atoms with Crippen LogP contribution in [0, 0.1) is 0 Å². The van der Waals surface area contributed by atoms with Gasteiger partial charge in [-0.2, -0.15) is 0 Å². The van der Waals surface area contributed by atoms with Gasteiger partial charge in [0.2, 0.25) is 6.41 Å². The SMILES string of the molecule is CCCCCCCCCNCCN(C)C=O. The molecule has 0 aliphatic carbocycles. The third-order valence-electron chi connectivity index (χ3n) is 2.78. The van der Waals surface area contributed by atoms with E-state index in [4.69, 9.17) is 0 Å². The molecule has 0 fully saturated rings. The molecule has 0 aliphatic rings. The van der Waals surface area contributed by atoms with Crippen molar-refractivity contribution in [2.24, 2.45) is 0 Å². The zero-order valence-corrected chi connectivity index (χ0v) is 11.0. The highest BCUT2D eigenvalue weighted by Crippen LogP contribution is 2.06. The molecule has 0 spiro atoms. The maximum absolute atomic E-state index is 10.3. The van der Waals surface area contributed by atoms with Gasteiger partial charge in [0.1, 0.15) is 0 Å². The Kier molecular flexibility index (Phi) is 12.1. The predicted octanol–water partition coefficient (Wildman–Crippen LogP) is 2.41. The average molecular weight is 228 g/mol. The van der Waals surface area contributed by atoms with Crippen molar-refractivity contribution in [3.05, 3.63) is 0 Å². The Bertz CT molecular complexity index is 151. The largest absolute Gasteiger partial charge is 0.347 e. The van der Waals surface area contributed by atoms with E-state index < -0.39 is 0 Å². The van der Waals surface area contributed by atoms with Crippen LogP contribution in [-0.2, 0) is 4.79 Å². The number of rotatable bonds is 12. The minimum atomic E-state index is 0.806. The lowest BCUT2D eigenvalue weighted by Crippen LogP contribution is -2.28. The summed E-state index contributed by atoms with van der Waals surface area (Å²) in [6.07, 6.45) is 10.3. The molecule has 0 aromatic rings. The van der Waals surface area contributed by atoms with Crippen LogP contribution in [0.4, 0.5) is 0 Å². The van der Waals surface area contributed by atoms with Gasteiger partial charge in [0.15, 0.2) is 0 Å². The average Bonchev–Trinajstić information content (AvgIpc) is 2.31. The molecule has 0 saturated heterocycles. The van der Waals surface area contributed by atoms with E-state index in [1.54, 1.807) is 4.90 Å². The van der Waals surface area contributed by atoms with Gasteiger partial charge >= 0.3 is 0 Å². The van der Waals surface area contributed by atoms with Gasteiger partial charge < -0.3 is 10.2 Å². The molecule has 0 aliphatic heterocycles. The summed E-state index contributed by atoms with van der Waals surface area (Å²) in [5.41, 5.74) is 0. The number of nitrogens with zero attached hydrogens (tertiary/aromatic N) is 1. The normalized spacial score (nSPS) is 10.4. The maximum atomic E-state index is 10.3. The second-order valence-corrected chi connectivity index (χ2v) is 4.46. The highest BCUT2D eigenvalue weighted by Gasteiger charge is 1.93. The number of amides is 1. The summed E-state index contributed by atoms with van der Waals surface area (Å²) in [5.74, 6) is 0. The van der Waals surface area contributed by atoms with Crippen LogP contribution in [0.2, 0.25) is 0 Å². The molecular weight excluding hydrogens is 200 g/mol. The molecule has 0 radical (unpaired) electrons. The van der Waals surface area contributed by atoms with Gasteiger partial charge in [-0.05, 0) is 13.0 Å². The van der Waals surface area contributed by atoms with E-state index >= 15 is 0 Å². The zero-order valence-electron chi connectivity index (χ0n) is 11.0. The van der Waals surface area contributed by atoms with Crippen LogP contribution in [0.5, 0.6) is 0 Å². The molecule has 0 saturated carbocycles. The molecule has 0 bridgehead atoms. The van der Waals surface area contributed by atoms with Gasteiger partial charge in [-0.3, -0.25) is 4.79 Å². The number of nitrogens with one attached hydrogen (secondary N) is 1. The quantitative estimate of drug-likeness (QED) is 0.411. The van der Waals surface area contributed by atoms with E-state index in [0.29, 0.717) is 0 Å². The van der Waals surface area contributed by atoms with Crippen molar-refractivity contribution in [2.45, 2.75) is 51.9 Å². The van der Waals surface area contributed by atoms with E-state index in [-0.39, 0.29) is 0 Å². The van der Waals surface area contributed by atoms with Crippen molar-refractivity contribution in [3.8, 4) is 0 Å². The molecule has 0 heterocycles. The number of unbranched alkanes of at least 4 members (excludes halogenated alkanes) is 6. The number of carbonyl (C=O) groups excluding carboxylic acids is 1. The number of likely N-dealkylation sites (N-methyl/N-ethyl adjacent to an activating group) is 1. The molecule has 0 rings (SSSR count). The molecule has 0 aromatic carbocycles. The second kappa shape index (κ2) is 12.5. The van der Waals surface area contributed by atoms with Crippen LogP contribution in [0.15, 0.2) is 0 Å². The third kappa shape index (κ3) is 11.5. The van der Waals surface area contributed by atoms with E-state index in [1.807, 2.05) is 7.05 Å². The van der Waals surface area contributed by atoms with Crippen LogP contribution >= 0.6 is 0 Å². The van der Waals surface area contributed by atoms with Crippen LogP contribution in [-0.4, -0.2) is 38.0 Å². The first-order chi connectivity index (χ1) is 7.81. The number of carbonyl (C=O) groups is 1. The van der Waals surface area contributed by atoms with Gasteiger partial charge in [-0.1, -0.05) is 45.4 Å². The van der Waals surface area contributed by atoms with Crippen molar-refractivity contribution < 1.29 is 4.79 Å². The van der Waals surface area contributed by atoms with Gasteiger partial charge in [0, 0.05) is 20.1 Å². The summed E-state index contributed by atoms with van der Waals surface area (Å²) in [6, 6.07) is 0. The van der Waals surface area contributed by atoms with Gasteiger partial charge in [0.05, 0.1) is 0 Å². The highest BCUT2D eigenvalue weighted by atomic mass is 16.1. The van der Waals surface area contributed by atoms with Crippen molar-refractivity contribution >= 4 is 6.41 Å². The fraction of sp³-hybridized carbons (Fsp3) is 0.923. The topological polar surface area (TPSA) is 32.3 Å². The fourth-order valence-corrected chi connectivity index (χ4v) is 1.64. The lowest BCUT2D eigenvalue weighted by Gasteiger charge is -2.10. The first kappa shape index (κ1) is 15.4. The maximum Gasteiger partial charge on any atom is 0.209 e. The molecule has 3 nitrogen and oxygen atoms in total. The fourth-order valence-electron chi connectivity index (χ4n) is 1.64. The Morgan fingerprint density at radius 1 is 1.00 bits per heavy atom. The van der Waals surface area contributed by atoms with Crippen LogP contribution < -0.4 is 5.32 Å². The van der Waals surface area contributed by atoms with Gasteiger partial charge in [-0.25, -0.2) is 0 Å². The van der Waals surface area contributed by atoms with E-state index in [0.717, 1.165) is 26.0 Å². The summed E-state index contributed by atoms with van der Waals surface area (Å²) in [4.78, 5) is 12.0. The molecule has 1 N–H and O–H groups in total. The minimum absolute atomic E-state index is 0.806. The molecule has 0 atom stereocenters. The number of hydrogen-bond acceptors (Lipinski definition) is 2. The summed E-state index contributed by atoms with van der Waals surface area (Å²) < 4.78 is 0. The van der Waals surface area contributed by atoms with Gasteiger partial charge in [-0.15, -0.1) is 0 Å². The monoisotopic (exact) mass is 228 g/mol. The van der Waals surface area contributed by atoms with Crippen LogP contribution in [0.25, 0.3) is 0 Å². The lowest BCUT2D eigenvalue weighted by atomic mass is 10.1. The third-order valence-corrected chi connectivity index (χ3v) is 2.78. The van der Waals surface area contributed by atoms with Crippen LogP contribution in [0.1, 0.15) is 51.9 Å². The van der Waals surface area contributed by atoms with Crippen molar-refractivity contribution in [2.75, 3.05) is 26.7 Å². The first-order valence-electron chi connectivity index (χ1n) is 6.67. The summed E-state index contributed by atoms with van der Waals surface area (Å²) in [7, 11) is 1.81. The standard InChI is InChI=1S/C13H28N2O/c1-3-4-5-6-7-8-9-10-14-11-12-15(2)13-16/h13-14H,3-12H2,1-2H3. The van der Waals surface area contributed by atoms with Gasteiger partial charge in [0.25, 0.3) is 0 Å². The lowest BCUT2D eigenvalue weighted by molar-refractivity contribution is -0.116. The second-order valence-electron chi connectivity index (χ2n) is 4.46. The molecular formula is C13H28N2O. The van der Waals surface area contributed by atoms with E-state index in [1.165, 1.54) is 44.9 Å². The van der Waals surface area contributed by atoms with E-state index in [2.05, 4.69) is 12.2 Å². The molecule has 1 amide bonds. The summed E-state index contributed by atoms with van der Waals surface area (Å²) in [5, 5.41) is 3.35. The number of hydrogen-bond donors (Lipinski definition) is 1. The first-order valence-corrected chi connectivity index (χ1v) is 6.67. The summed E-state index contributed by atoms with van der Waals surface area (Å²) in [6.45, 7) is 5.05. The van der Waals surface area contributed by atoms with Crippen LogP contribution in [0.3, 0.4) is 0 Å². The van der Waals surface area contributed by atoms with Crippen molar-refractivity contribution in [1.29, 1.82) is 0 Å². The minimum Gasteiger partial charge on any atom is -0.347 e. The Balaban J connectivity index is 2.96. The van der Waals surface area contributed by atoms with Crippen molar-refractivity contribution in [1.82, 2.24) is 10.2 Å². The molecule has 96 valence electrons. The Morgan fingerprint density at radius 3 is 2.25 bits per heavy atom. The Hall–Kier alpha value is -0.570. The summed E-state index contributed by atoms with van der Waals surface area (Å²) >= 11 is 0. The molecule has 0 unspecified atom stereocenters. The zero-order chi connectivity index (χ0) is 12.1. The Morgan fingerprint density at radius 2 is 1.62 bits per heavy atom. The molecule has 16 heavy (non-hydrogen) atoms. The highest BCUT2D eigenvalue weighted by molar-refractivity contribution is 5.46. The van der Waals surface area contributed by atoms with E-state index in [9.17, 15) is 4.79 Å². The van der Waals surface area contributed by atoms with Crippen molar-refractivity contribution in [3.63, 3.8) is 0 Å².